The second-order valence-electron chi connectivity index (χ2n) is 6.56. The van der Waals surface area contributed by atoms with Crippen molar-refractivity contribution in [2.75, 3.05) is 19.0 Å². The standard InChI is InChI=1S/C23H20N2O4/c1-15-7-12-20(21(13-15)27-2)28-14-22(26)24-17-10-8-16(9-11-17)23-25-18-5-3-4-6-19(18)29-23/h3-13H,14H2,1-2H3,(H,24,26). The highest BCUT2D eigenvalue weighted by Gasteiger charge is 2.10. The van der Waals surface area contributed by atoms with Crippen LogP contribution in [0, 0.1) is 6.92 Å². The number of carbonyl (C=O) groups excluding carboxylic acids is 1. The number of nitrogens with one attached hydrogen (secondary N) is 1. The normalized spacial score (nSPS) is 10.7. The summed E-state index contributed by atoms with van der Waals surface area (Å²) in [5.41, 5.74) is 4.10. The fourth-order valence-electron chi connectivity index (χ4n) is 2.93. The molecule has 4 rings (SSSR count). The number of ether oxygens (including phenoxy) is 2. The van der Waals surface area contributed by atoms with Crippen molar-refractivity contribution in [1.82, 2.24) is 4.98 Å². The third-order valence-electron chi connectivity index (χ3n) is 4.39. The average Bonchev–Trinajstić information content (AvgIpc) is 3.17. The van der Waals surface area contributed by atoms with Gasteiger partial charge in [-0.2, -0.15) is 0 Å². The van der Waals surface area contributed by atoms with Crippen molar-refractivity contribution in [3.63, 3.8) is 0 Å². The van der Waals surface area contributed by atoms with Gasteiger partial charge in [-0.25, -0.2) is 4.98 Å². The first-order chi connectivity index (χ1) is 14.1. The number of para-hydroxylation sites is 2. The quantitative estimate of drug-likeness (QED) is 0.512. The molecule has 0 saturated heterocycles. The summed E-state index contributed by atoms with van der Waals surface area (Å²) in [7, 11) is 1.57. The van der Waals surface area contributed by atoms with Crippen LogP contribution in [0.15, 0.2) is 71.1 Å². The molecule has 1 aromatic heterocycles. The summed E-state index contributed by atoms with van der Waals surface area (Å²) in [4.78, 5) is 16.7. The number of hydrogen-bond acceptors (Lipinski definition) is 5. The molecule has 6 heteroatoms. The molecular weight excluding hydrogens is 368 g/mol. The van der Waals surface area contributed by atoms with Crippen molar-refractivity contribution >= 4 is 22.7 Å². The Hall–Kier alpha value is -3.80. The van der Waals surface area contributed by atoms with Gasteiger partial charge < -0.3 is 19.2 Å². The van der Waals surface area contributed by atoms with Crippen LogP contribution in [-0.4, -0.2) is 24.6 Å². The largest absolute Gasteiger partial charge is 0.493 e. The minimum absolute atomic E-state index is 0.119. The number of amides is 1. The van der Waals surface area contributed by atoms with Crippen LogP contribution >= 0.6 is 0 Å². The highest BCUT2D eigenvalue weighted by molar-refractivity contribution is 5.92. The molecule has 0 atom stereocenters. The molecule has 0 aliphatic rings. The molecule has 0 saturated carbocycles. The third-order valence-corrected chi connectivity index (χ3v) is 4.39. The molecular formula is C23H20N2O4. The lowest BCUT2D eigenvalue weighted by Gasteiger charge is -2.11. The molecule has 1 N–H and O–H groups in total. The van der Waals surface area contributed by atoms with E-state index in [0.29, 0.717) is 23.1 Å². The van der Waals surface area contributed by atoms with E-state index in [9.17, 15) is 4.79 Å². The Morgan fingerprint density at radius 2 is 1.83 bits per heavy atom. The zero-order valence-corrected chi connectivity index (χ0v) is 16.1. The summed E-state index contributed by atoms with van der Waals surface area (Å²) < 4.78 is 16.6. The first kappa shape index (κ1) is 18.6. The lowest BCUT2D eigenvalue weighted by atomic mass is 10.2. The number of rotatable bonds is 6. The molecule has 3 aromatic carbocycles. The first-order valence-corrected chi connectivity index (χ1v) is 9.16. The second-order valence-corrected chi connectivity index (χ2v) is 6.56. The van der Waals surface area contributed by atoms with E-state index in [0.717, 1.165) is 22.2 Å². The summed E-state index contributed by atoms with van der Waals surface area (Å²) in [5, 5.41) is 2.81. The Morgan fingerprint density at radius 1 is 1.03 bits per heavy atom. The Morgan fingerprint density at radius 3 is 2.59 bits per heavy atom. The number of methoxy groups -OCH3 is 1. The van der Waals surface area contributed by atoms with Gasteiger partial charge in [0.05, 0.1) is 7.11 Å². The Balaban J connectivity index is 1.39. The van der Waals surface area contributed by atoms with Crippen LogP contribution in [0.2, 0.25) is 0 Å². The molecule has 29 heavy (non-hydrogen) atoms. The maximum atomic E-state index is 12.2. The maximum Gasteiger partial charge on any atom is 0.262 e. The van der Waals surface area contributed by atoms with Gasteiger partial charge in [0.15, 0.2) is 23.7 Å². The number of oxazole rings is 1. The average molecular weight is 388 g/mol. The van der Waals surface area contributed by atoms with Gasteiger partial charge in [0.2, 0.25) is 5.89 Å². The molecule has 4 aromatic rings. The summed E-state index contributed by atoms with van der Waals surface area (Å²) in [6, 6.07) is 20.5. The van der Waals surface area contributed by atoms with Crippen LogP contribution in [0.25, 0.3) is 22.6 Å². The predicted molar refractivity (Wildman–Crippen MR) is 111 cm³/mol. The van der Waals surface area contributed by atoms with Crippen molar-refractivity contribution in [1.29, 1.82) is 0 Å². The zero-order valence-electron chi connectivity index (χ0n) is 16.1. The molecule has 0 spiro atoms. The second kappa shape index (κ2) is 8.06. The Labute approximate surface area is 168 Å². The number of hydrogen-bond donors (Lipinski definition) is 1. The van der Waals surface area contributed by atoms with E-state index in [-0.39, 0.29) is 12.5 Å². The van der Waals surface area contributed by atoms with Gasteiger partial charge in [-0.15, -0.1) is 0 Å². The SMILES string of the molecule is COc1cc(C)ccc1OCC(=O)Nc1ccc(-c2nc3ccccc3o2)cc1. The van der Waals surface area contributed by atoms with Gasteiger partial charge in [-0.3, -0.25) is 4.79 Å². The molecule has 1 heterocycles. The van der Waals surface area contributed by atoms with Crippen LogP contribution < -0.4 is 14.8 Å². The molecule has 0 radical (unpaired) electrons. The van der Waals surface area contributed by atoms with Gasteiger partial charge in [0.1, 0.15) is 5.52 Å². The number of carbonyl (C=O) groups is 1. The van der Waals surface area contributed by atoms with Gasteiger partial charge >= 0.3 is 0 Å². The first-order valence-electron chi connectivity index (χ1n) is 9.16. The van der Waals surface area contributed by atoms with E-state index in [2.05, 4.69) is 10.3 Å². The van der Waals surface area contributed by atoms with E-state index < -0.39 is 0 Å². The molecule has 0 unspecified atom stereocenters. The van der Waals surface area contributed by atoms with E-state index >= 15 is 0 Å². The van der Waals surface area contributed by atoms with Crippen LogP contribution in [0.5, 0.6) is 11.5 Å². The molecule has 1 amide bonds. The molecule has 0 bridgehead atoms. The fourth-order valence-corrected chi connectivity index (χ4v) is 2.93. The fraction of sp³-hybridized carbons (Fsp3) is 0.130. The number of benzene rings is 3. The predicted octanol–water partition coefficient (Wildman–Crippen LogP) is 4.83. The summed E-state index contributed by atoms with van der Waals surface area (Å²) in [5.74, 6) is 1.40. The van der Waals surface area contributed by atoms with E-state index in [4.69, 9.17) is 13.9 Å². The smallest absolute Gasteiger partial charge is 0.262 e. The Bertz CT molecular complexity index is 1120. The molecule has 0 fully saturated rings. The van der Waals surface area contributed by atoms with Crippen molar-refractivity contribution in [3.05, 3.63) is 72.3 Å². The molecule has 146 valence electrons. The van der Waals surface area contributed by atoms with E-state index in [1.54, 1.807) is 25.3 Å². The number of anilines is 1. The summed E-state index contributed by atoms with van der Waals surface area (Å²) >= 11 is 0. The van der Waals surface area contributed by atoms with Crippen LogP contribution in [0.3, 0.4) is 0 Å². The minimum Gasteiger partial charge on any atom is -0.493 e. The number of fused-ring (bicyclic) bond motifs is 1. The van der Waals surface area contributed by atoms with Gasteiger partial charge in [-0.05, 0) is 61.0 Å². The number of aromatic nitrogens is 1. The maximum absolute atomic E-state index is 12.2. The lowest BCUT2D eigenvalue weighted by Crippen LogP contribution is -2.20. The number of aryl methyl sites for hydroxylation is 1. The molecule has 6 nitrogen and oxygen atoms in total. The zero-order chi connectivity index (χ0) is 20.2. The van der Waals surface area contributed by atoms with E-state index in [1.807, 2.05) is 55.5 Å². The lowest BCUT2D eigenvalue weighted by molar-refractivity contribution is -0.118. The van der Waals surface area contributed by atoms with Crippen molar-refractivity contribution < 1.29 is 18.7 Å². The highest BCUT2D eigenvalue weighted by atomic mass is 16.5. The molecule has 0 aliphatic heterocycles. The monoisotopic (exact) mass is 388 g/mol. The Kier molecular flexibility index (Phi) is 5.16. The van der Waals surface area contributed by atoms with Crippen LogP contribution in [0.1, 0.15) is 5.56 Å². The van der Waals surface area contributed by atoms with Gasteiger partial charge in [-0.1, -0.05) is 18.2 Å². The van der Waals surface area contributed by atoms with Crippen molar-refractivity contribution in [2.45, 2.75) is 6.92 Å². The van der Waals surface area contributed by atoms with Crippen molar-refractivity contribution in [2.24, 2.45) is 0 Å². The summed E-state index contributed by atoms with van der Waals surface area (Å²) in [6.07, 6.45) is 0. The number of nitrogens with zero attached hydrogens (tertiary/aromatic N) is 1. The molecule has 0 aliphatic carbocycles. The van der Waals surface area contributed by atoms with Crippen LogP contribution in [-0.2, 0) is 4.79 Å². The third kappa shape index (κ3) is 4.21. The summed E-state index contributed by atoms with van der Waals surface area (Å²) in [6.45, 7) is 1.84. The van der Waals surface area contributed by atoms with Gasteiger partial charge in [0, 0.05) is 11.3 Å². The van der Waals surface area contributed by atoms with Crippen LogP contribution in [0.4, 0.5) is 5.69 Å². The van der Waals surface area contributed by atoms with Gasteiger partial charge in [0.25, 0.3) is 5.91 Å². The topological polar surface area (TPSA) is 73.6 Å². The minimum atomic E-state index is -0.262. The highest BCUT2D eigenvalue weighted by Crippen LogP contribution is 2.28. The van der Waals surface area contributed by atoms with Crippen molar-refractivity contribution in [3.8, 4) is 23.0 Å². The van der Waals surface area contributed by atoms with E-state index in [1.165, 1.54) is 0 Å².